The molecule has 0 radical (unpaired) electrons. The van der Waals surface area contributed by atoms with Crippen molar-refractivity contribution in [2.45, 2.75) is 0 Å². The van der Waals surface area contributed by atoms with Gasteiger partial charge in [-0.05, 0) is 6.07 Å². The summed E-state index contributed by atoms with van der Waals surface area (Å²) in [7, 11) is 2.71. The summed E-state index contributed by atoms with van der Waals surface area (Å²) < 4.78 is 9.44. The third kappa shape index (κ3) is 1.89. The summed E-state index contributed by atoms with van der Waals surface area (Å²) in [6.07, 6.45) is 1.45. The maximum absolute atomic E-state index is 11.2. The third-order valence-electron chi connectivity index (χ3n) is 1.48. The van der Waals surface area contributed by atoms with Crippen molar-refractivity contribution in [2.75, 3.05) is 14.2 Å². The van der Waals surface area contributed by atoms with Crippen LogP contribution in [0.3, 0.4) is 0 Å². The van der Waals surface area contributed by atoms with Crippen LogP contribution in [0.15, 0.2) is 12.3 Å². The summed E-state index contributed by atoms with van der Waals surface area (Å²) in [6.45, 7) is 0. The Hall–Kier alpha value is -1.29. The van der Waals surface area contributed by atoms with Gasteiger partial charge >= 0.3 is 5.97 Å². The van der Waals surface area contributed by atoms with Crippen LogP contribution in [0.25, 0.3) is 0 Å². The number of pyridine rings is 1. The van der Waals surface area contributed by atoms with E-state index in [4.69, 9.17) is 16.3 Å². The molecule has 0 aliphatic rings. The fourth-order valence-electron chi connectivity index (χ4n) is 0.877. The van der Waals surface area contributed by atoms with Gasteiger partial charge in [0.15, 0.2) is 0 Å². The SMILES string of the molecule is COC(=O)c1c(OC)ccnc1Cl. The molecule has 1 aromatic rings. The average molecular weight is 202 g/mol. The Kier molecular flexibility index (Phi) is 3.08. The molecule has 0 fully saturated rings. The zero-order valence-electron chi connectivity index (χ0n) is 7.20. The molecular formula is C8H8ClNO3. The van der Waals surface area contributed by atoms with Gasteiger partial charge in [-0.1, -0.05) is 11.6 Å². The number of aromatic nitrogens is 1. The van der Waals surface area contributed by atoms with Crippen molar-refractivity contribution in [1.29, 1.82) is 0 Å². The lowest BCUT2D eigenvalue weighted by Crippen LogP contribution is -2.05. The van der Waals surface area contributed by atoms with Crippen molar-refractivity contribution in [1.82, 2.24) is 4.98 Å². The van der Waals surface area contributed by atoms with Gasteiger partial charge in [0.2, 0.25) is 0 Å². The summed E-state index contributed by atoms with van der Waals surface area (Å²) in [5, 5.41) is 0.0752. The van der Waals surface area contributed by atoms with E-state index >= 15 is 0 Å². The van der Waals surface area contributed by atoms with Crippen LogP contribution in [0.4, 0.5) is 0 Å². The molecule has 0 bridgehead atoms. The molecule has 0 aromatic carbocycles. The second-order valence-electron chi connectivity index (χ2n) is 2.17. The Morgan fingerprint density at radius 1 is 1.54 bits per heavy atom. The molecule has 1 heterocycles. The molecule has 0 saturated heterocycles. The summed E-state index contributed by atoms with van der Waals surface area (Å²) in [4.78, 5) is 14.9. The van der Waals surface area contributed by atoms with Crippen LogP contribution in [0.1, 0.15) is 10.4 Å². The number of carbonyl (C=O) groups excluding carboxylic acids is 1. The number of ether oxygens (including phenoxy) is 2. The minimum absolute atomic E-state index is 0.0752. The Balaban J connectivity index is 3.22. The van der Waals surface area contributed by atoms with E-state index < -0.39 is 5.97 Å². The molecule has 0 unspecified atom stereocenters. The smallest absolute Gasteiger partial charge is 0.344 e. The summed E-state index contributed by atoms with van der Waals surface area (Å²) >= 11 is 5.69. The van der Waals surface area contributed by atoms with E-state index in [0.29, 0.717) is 5.75 Å². The van der Waals surface area contributed by atoms with E-state index in [1.807, 2.05) is 0 Å². The lowest BCUT2D eigenvalue weighted by atomic mass is 10.2. The molecule has 1 aromatic heterocycles. The Morgan fingerprint density at radius 3 is 2.77 bits per heavy atom. The molecule has 4 nitrogen and oxygen atoms in total. The topological polar surface area (TPSA) is 48.4 Å². The van der Waals surface area contributed by atoms with Crippen LogP contribution in [0, 0.1) is 0 Å². The van der Waals surface area contributed by atoms with E-state index in [0.717, 1.165) is 0 Å². The van der Waals surface area contributed by atoms with Crippen LogP contribution in [-0.2, 0) is 4.74 Å². The number of halogens is 1. The molecule has 0 atom stereocenters. The average Bonchev–Trinajstić information content (AvgIpc) is 2.16. The molecule has 0 aliphatic carbocycles. The van der Waals surface area contributed by atoms with Crippen molar-refractivity contribution in [3.63, 3.8) is 0 Å². The van der Waals surface area contributed by atoms with Crippen LogP contribution < -0.4 is 4.74 Å². The highest BCUT2D eigenvalue weighted by atomic mass is 35.5. The van der Waals surface area contributed by atoms with Crippen LogP contribution in [0.2, 0.25) is 5.15 Å². The highest BCUT2D eigenvalue weighted by molar-refractivity contribution is 6.32. The number of rotatable bonds is 2. The van der Waals surface area contributed by atoms with Crippen LogP contribution in [-0.4, -0.2) is 25.2 Å². The predicted molar refractivity (Wildman–Crippen MR) is 47.1 cm³/mol. The van der Waals surface area contributed by atoms with Crippen molar-refractivity contribution in [2.24, 2.45) is 0 Å². The Bertz CT molecular complexity index is 327. The van der Waals surface area contributed by atoms with E-state index in [1.165, 1.54) is 26.5 Å². The second-order valence-corrected chi connectivity index (χ2v) is 2.53. The number of carbonyl (C=O) groups is 1. The molecule has 5 heteroatoms. The number of esters is 1. The van der Waals surface area contributed by atoms with Crippen molar-refractivity contribution < 1.29 is 14.3 Å². The van der Waals surface area contributed by atoms with Gasteiger partial charge in [-0.25, -0.2) is 9.78 Å². The second kappa shape index (κ2) is 4.09. The number of hydrogen-bond donors (Lipinski definition) is 0. The van der Waals surface area contributed by atoms with Gasteiger partial charge < -0.3 is 9.47 Å². The molecule has 1 rings (SSSR count). The van der Waals surface area contributed by atoms with Gasteiger partial charge in [-0.15, -0.1) is 0 Å². The van der Waals surface area contributed by atoms with Gasteiger partial charge in [0, 0.05) is 6.20 Å². The van der Waals surface area contributed by atoms with E-state index in [9.17, 15) is 4.79 Å². The number of hydrogen-bond acceptors (Lipinski definition) is 4. The summed E-state index contributed by atoms with van der Waals surface area (Å²) in [5.41, 5.74) is 0.147. The monoisotopic (exact) mass is 201 g/mol. The van der Waals surface area contributed by atoms with E-state index in [1.54, 1.807) is 0 Å². The molecule has 0 spiro atoms. The quantitative estimate of drug-likeness (QED) is 0.538. The van der Waals surface area contributed by atoms with Crippen LogP contribution in [0.5, 0.6) is 5.75 Å². The maximum atomic E-state index is 11.2. The fourth-order valence-corrected chi connectivity index (χ4v) is 1.10. The highest BCUT2D eigenvalue weighted by Crippen LogP contribution is 2.24. The molecular weight excluding hydrogens is 194 g/mol. The third-order valence-corrected chi connectivity index (χ3v) is 1.76. The zero-order chi connectivity index (χ0) is 9.84. The van der Waals surface area contributed by atoms with Crippen molar-refractivity contribution in [3.8, 4) is 5.75 Å². The molecule has 0 N–H and O–H groups in total. The van der Waals surface area contributed by atoms with Gasteiger partial charge in [0.25, 0.3) is 0 Å². The minimum atomic E-state index is -0.560. The standard InChI is InChI=1S/C8H8ClNO3/c1-12-5-3-4-10-7(9)6(5)8(11)13-2/h3-4H,1-2H3. The molecule has 0 amide bonds. The molecule has 0 saturated carbocycles. The predicted octanol–water partition coefficient (Wildman–Crippen LogP) is 1.53. The van der Waals surface area contributed by atoms with Crippen molar-refractivity contribution >= 4 is 17.6 Å². The van der Waals surface area contributed by atoms with Crippen molar-refractivity contribution in [3.05, 3.63) is 23.0 Å². The molecule has 70 valence electrons. The molecule has 0 aliphatic heterocycles. The Labute approximate surface area is 80.4 Å². The first-order chi connectivity index (χ1) is 6.20. The van der Waals surface area contributed by atoms with Crippen LogP contribution >= 0.6 is 11.6 Å². The first-order valence-corrected chi connectivity index (χ1v) is 3.85. The summed E-state index contributed by atoms with van der Waals surface area (Å²) in [5.74, 6) is -0.207. The normalized spacial score (nSPS) is 9.46. The summed E-state index contributed by atoms with van der Waals surface area (Å²) in [6, 6.07) is 1.54. The number of nitrogens with zero attached hydrogens (tertiary/aromatic N) is 1. The largest absolute Gasteiger partial charge is 0.496 e. The minimum Gasteiger partial charge on any atom is -0.496 e. The zero-order valence-corrected chi connectivity index (χ0v) is 7.96. The number of methoxy groups -OCH3 is 2. The van der Waals surface area contributed by atoms with Gasteiger partial charge in [0.05, 0.1) is 14.2 Å². The fraction of sp³-hybridized carbons (Fsp3) is 0.250. The van der Waals surface area contributed by atoms with E-state index in [-0.39, 0.29) is 10.7 Å². The Morgan fingerprint density at radius 2 is 2.23 bits per heavy atom. The first-order valence-electron chi connectivity index (χ1n) is 3.47. The lowest BCUT2D eigenvalue weighted by molar-refractivity contribution is 0.0597. The first kappa shape index (κ1) is 9.80. The lowest BCUT2D eigenvalue weighted by Gasteiger charge is -2.06. The highest BCUT2D eigenvalue weighted by Gasteiger charge is 2.17. The van der Waals surface area contributed by atoms with E-state index in [2.05, 4.69) is 9.72 Å². The van der Waals surface area contributed by atoms with Gasteiger partial charge in [-0.3, -0.25) is 0 Å². The molecule has 13 heavy (non-hydrogen) atoms. The van der Waals surface area contributed by atoms with Gasteiger partial charge in [0.1, 0.15) is 16.5 Å². The van der Waals surface area contributed by atoms with Gasteiger partial charge in [-0.2, -0.15) is 0 Å². The maximum Gasteiger partial charge on any atom is 0.344 e.